The molecule has 3 rings (SSSR count). The summed E-state index contributed by atoms with van der Waals surface area (Å²) < 4.78 is 23.6. The Labute approximate surface area is 152 Å². The third-order valence-corrected chi connectivity index (χ3v) is 6.39. The van der Waals surface area contributed by atoms with Crippen LogP contribution in [0.5, 0.6) is 0 Å². The highest BCUT2D eigenvalue weighted by atomic mass is 79.9. The molecule has 2 aliphatic rings. The summed E-state index contributed by atoms with van der Waals surface area (Å²) in [6.45, 7) is 3.40. The van der Waals surface area contributed by atoms with E-state index >= 15 is 0 Å². The molecule has 7 heteroatoms. The molecular weight excluding hydrogens is 392 g/mol. The lowest BCUT2D eigenvalue weighted by atomic mass is 9.94. The Morgan fingerprint density at radius 2 is 1.88 bits per heavy atom. The van der Waals surface area contributed by atoms with Gasteiger partial charge in [-0.1, -0.05) is 28.1 Å². The van der Waals surface area contributed by atoms with Crippen molar-refractivity contribution in [1.82, 2.24) is 9.80 Å². The number of amides is 1. The van der Waals surface area contributed by atoms with Gasteiger partial charge in [-0.05, 0) is 30.5 Å². The van der Waals surface area contributed by atoms with Crippen LogP contribution < -0.4 is 0 Å². The van der Waals surface area contributed by atoms with Crippen LogP contribution in [0.25, 0.3) is 0 Å². The molecule has 1 aromatic rings. The van der Waals surface area contributed by atoms with Crippen molar-refractivity contribution >= 4 is 31.7 Å². The van der Waals surface area contributed by atoms with Gasteiger partial charge < -0.3 is 4.90 Å². The van der Waals surface area contributed by atoms with Gasteiger partial charge in [0.05, 0.1) is 11.2 Å². The van der Waals surface area contributed by atoms with E-state index in [4.69, 9.17) is 0 Å². The van der Waals surface area contributed by atoms with Gasteiger partial charge in [0.15, 0.2) is 0 Å². The first-order chi connectivity index (χ1) is 11.3. The Bertz CT molecular complexity index is 723. The zero-order valence-electron chi connectivity index (χ0n) is 13.9. The van der Waals surface area contributed by atoms with Crippen LogP contribution in [0.2, 0.25) is 0 Å². The number of nitrogens with zero attached hydrogens (tertiary/aromatic N) is 2. The molecule has 1 saturated carbocycles. The summed E-state index contributed by atoms with van der Waals surface area (Å²) in [5.41, 5.74) is 0.764. The zero-order valence-corrected chi connectivity index (χ0v) is 16.3. The van der Waals surface area contributed by atoms with Crippen molar-refractivity contribution in [3.8, 4) is 0 Å². The molecule has 1 heterocycles. The van der Waals surface area contributed by atoms with Gasteiger partial charge in [0.25, 0.3) is 0 Å². The second kappa shape index (κ2) is 6.77. The molecule has 2 fully saturated rings. The van der Waals surface area contributed by atoms with E-state index in [1.54, 1.807) is 0 Å². The largest absolute Gasteiger partial charge is 0.339 e. The Morgan fingerprint density at radius 1 is 1.21 bits per heavy atom. The SMILES string of the molecule is CS(=O)(=O)CCN1CCN(C(=O)C2(c3cccc(Br)c3)CC2)CC1. The van der Waals surface area contributed by atoms with Gasteiger partial charge in [0, 0.05) is 43.5 Å². The molecule has 1 aromatic carbocycles. The molecule has 132 valence electrons. The number of hydrogen-bond acceptors (Lipinski definition) is 4. The summed E-state index contributed by atoms with van der Waals surface area (Å²) in [5, 5.41) is 0. The fourth-order valence-electron chi connectivity index (χ4n) is 3.31. The van der Waals surface area contributed by atoms with Crippen LogP contribution in [0.3, 0.4) is 0 Å². The third-order valence-electron chi connectivity index (χ3n) is 4.97. The maximum absolute atomic E-state index is 13.0. The van der Waals surface area contributed by atoms with Crippen molar-refractivity contribution < 1.29 is 13.2 Å². The predicted molar refractivity (Wildman–Crippen MR) is 97.8 cm³/mol. The number of carbonyl (C=O) groups excluding carboxylic acids is 1. The zero-order chi connectivity index (χ0) is 17.4. The van der Waals surface area contributed by atoms with Gasteiger partial charge in [0.1, 0.15) is 9.84 Å². The summed E-state index contributed by atoms with van der Waals surface area (Å²) in [7, 11) is -2.93. The molecule has 0 unspecified atom stereocenters. The van der Waals surface area contributed by atoms with Crippen LogP contribution in [0.15, 0.2) is 28.7 Å². The lowest BCUT2D eigenvalue weighted by Crippen LogP contribution is -2.52. The Kier molecular flexibility index (Phi) is 5.04. The second-order valence-electron chi connectivity index (χ2n) is 6.86. The number of carbonyl (C=O) groups is 1. The summed E-state index contributed by atoms with van der Waals surface area (Å²) in [5.74, 6) is 0.409. The van der Waals surface area contributed by atoms with Gasteiger partial charge in [-0.3, -0.25) is 9.69 Å². The molecule has 0 aromatic heterocycles. The number of piperazine rings is 1. The van der Waals surface area contributed by atoms with Crippen LogP contribution in [0.1, 0.15) is 18.4 Å². The van der Waals surface area contributed by atoms with E-state index in [1.807, 2.05) is 29.2 Å². The Balaban J connectivity index is 1.60. The average molecular weight is 415 g/mol. The van der Waals surface area contributed by atoms with Crippen molar-refractivity contribution in [2.24, 2.45) is 0 Å². The quantitative estimate of drug-likeness (QED) is 0.734. The number of sulfone groups is 1. The van der Waals surface area contributed by atoms with Crippen molar-refractivity contribution in [2.75, 3.05) is 44.7 Å². The third kappa shape index (κ3) is 4.00. The second-order valence-corrected chi connectivity index (χ2v) is 10.0. The van der Waals surface area contributed by atoms with Crippen molar-refractivity contribution in [3.05, 3.63) is 34.3 Å². The van der Waals surface area contributed by atoms with Gasteiger partial charge in [0.2, 0.25) is 5.91 Å². The van der Waals surface area contributed by atoms with Gasteiger partial charge in [-0.15, -0.1) is 0 Å². The van der Waals surface area contributed by atoms with Crippen molar-refractivity contribution in [2.45, 2.75) is 18.3 Å². The number of benzene rings is 1. The first kappa shape index (κ1) is 17.9. The summed E-state index contributed by atoms with van der Waals surface area (Å²) in [4.78, 5) is 17.1. The van der Waals surface area contributed by atoms with Crippen LogP contribution >= 0.6 is 15.9 Å². The minimum Gasteiger partial charge on any atom is -0.339 e. The molecule has 1 amide bonds. The summed E-state index contributed by atoms with van der Waals surface area (Å²) in [6, 6.07) is 8.05. The predicted octanol–water partition coefficient (Wildman–Crippen LogP) is 1.67. The van der Waals surface area contributed by atoms with E-state index in [9.17, 15) is 13.2 Å². The van der Waals surface area contributed by atoms with E-state index in [0.717, 1.165) is 36.0 Å². The van der Waals surface area contributed by atoms with Gasteiger partial charge in [-0.2, -0.15) is 0 Å². The van der Waals surface area contributed by atoms with Gasteiger partial charge >= 0.3 is 0 Å². The first-order valence-corrected chi connectivity index (χ1v) is 11.1. The lowest BCUT2D eigenvalue weighted by molar-refractivity contribution is -0.135. The average Bonchev–Trinajstić information content (AvgIpc) is 3.34. The van der Waals surface area contributed by atoms with Crippen LogP contribution in [-0.2, 0) is 20.0 Å². The Hall–Kier alpha value is -0.920. The molecule has 1 aliphatic carbocycles. The van der Waals surface area contributed by atoms with Crippen molar-refractivity contribution in [1.29, 1.82) is 0 Å². The molecule has 5 nitrogen and oxygen atoms in total. The molecule has 0 radical (unpaired) electrons. The smallest absolute Gasteiger partial charge is 0.233 e. The molecular formula is C17H23BrN2O3S. The molecule has 0 atom stereocenters. The highest BCUT2D eigenvalue weighted by molar-refractivity contribution is 9.10. The fraction of sp³-hybridized carbons (Fsp3) is 0.588. The minimum absolute atomic E-state index is 0.183. The number of hydrogen-bond donors (Lipinski definition) is 0. The van der Waals surface area contributed by atoms with E-state index in [2.05, 4.69) is 20.8 Å². The van der Waals surface area contributed by atoms with Gasteiger partial charge in [-0.25, -0.2) is 8.42 Å². The van der Waals surface area contributed by atoms with E-state index in [1.165, 1.54) is 6.26 Å². The lowest BCUT2D eigenvalue weighted by Gasteiger charge is -2.36. The van der Waals surface area contributed by atoms with E-state index in [0.29, 0.717) is 19.6 Å². The maximum Gasteiger partial charge on any atom is 0.233 e. The molecule has 0 bridgehead atoms. The van der Waals surface area contributed by atoms with E-state index < -0.39 is 9.84 Å². The number of halogens is 1. The Morgan fingerprint density at radius 3 is 2.42 bits per heavy atom. The van der Waals surface area contributed by atoms with Crippen LogP contribution in [-0.4, -0.2) is 68.9 Å². The topological polar surface area (TPSA) is 57.7 Å². The van der Waals surface area contributed by atoms with E-state index in [-0.39, 0.29) is 17.1 Å². The van der Waals surface area contributed by atoms with Crippen LogP contribution in [0, 0.1) is 0 Å². The first-order valence-electron chi connectivity index (χ1n) is 8.26. The monoisotopic (exact) mass is 414 g/mol. The molecule has 0 spiro atoms. The molecule has 1 saturated heterocycles. The minimum atomic E-state index is -2.93. The standard InChI is InChI=1S/C17H23BrN2O3S/c1-24(22,23)12-11-19-7-9-20(10-8-19)16(21)17(5-6-17)14-3-2-4-15(18)13-14/h2-4,13H,5-12H2,1H3. The fourth-order valence-corrected chi connectivity index (χ4v) is 4.30. The molecule has 24 heavy (non-hydrogen) atoms. The normalized spacial score (nSPS) is 20.8. The van der Waals surface area contributed by atoms with Crippen molar-refractivity contribution in [3.63, 3.8) is 0 Å². The summed E-state index contributed by atoms with van der Waals surface area (Å²) >= 11 is 3.49. The highest BCUT2D eigenvalue weighted by Gasteiger charge is 2.53. The highest BCUT2D eigenvalue weighted by Crippen LogP contribution is 2.50. The number of rotatable bonds is 5. The summed E-state index contributed by atoms with van der Waals surface area (Å²) in [6.07, 6.45) is 3.09. The molecule has 0 N–H and O–H groups in total. The van der Waals surface area contributed by atoms with Crippen LogP contribution in [0.4, 0.5) is 0 Å². The maximum atomic E-state index is 13.0. The molecule has 1 aliphatic heterocycles.